The molecule has 0 aromatic heterocycles. The first kappa shape index (κ1) is 23.9. The van der Waals surface area contributed by atoms with E-state index in [0.717, 1.165) is 0 Å². The highest BCUT2D eigenvalue weighted by atomic mass is 19.2. The molecule has 3 aromatic rings. The van der Waals surface area contributed by atoms with E-state index in [1.54, 1.807) is 18.2 Å². The molecule has 3 aromatic carbocycles. The Hall–Kier alpha value is -3.27. The van der Waals surface area contributed by atoms with Gasteiger partial charge in [-0.15, -0.1) is 0 Å². The maximum absolute atomic E-state index is 16.0. The van der Waals surface area contributed by atoms with E-state index in [9.17, 15) is 23.2 Å². The Bertz CT molecular complexity index is 1120. The highest BCUT2D eigenvalue weighted by Crippen LogP contribution is 2.59. The number of rotatable bonds is 6. The summed E-state index contributed by atoms with van der Waals surface area (Å²) in [5.41, 5.74) is -5.43. The smallest absolute Gasteiger partial charge is 0.402 e. The van der Waals surface area contributed by atoms with Gasteiger partial charge in [0.2, 0.25) is 0 Å². The first-order valence-corrected chi connectivity index (χ1v) is 10.2. The Labute approximate surface area is 192 Å². The van der Waals surface area contributed by atoms with E-state index in [0.29, 0.717) is 0 Å². The largest absolute Gasteiger partial charge is 0.634 e. The molecule has 174 valence electrons. The van der Waals surface area contributed by atoms with Crippen LogP contribution in [0.25, 0.3) is 0 Å². The molecule has 0 amide bonds. The maximum Gasteiger partial charge on any atom is 0.634 e. The van der Waals surface area contributed by atoms with Gasteiger partial charge in [0.05, 0.1) is 5.41 Å². The van der Waals surface area contributed by atoms with Crippen molar-refractivity contribution in [2.45, 2.75) is 17.2 Å². The molecule has 0 heterocycles. The fraction of sp³-hybridized carbons (Fsp3) is 0.120. The number of benzene rings is 3. The quantitative estimate of drug-likeness (QED) is 0.287. The summed E-state index contributed by atoms with van der Waals surface area (Å²) in [6.45, 7) is 0. The lowest BCUT2D eigenvalue weighted by Crippen LogP contribution is -2.64. The van der Waals surface area contributed by atoms with E-state index in [1.807, 2.05) is 0 Å². The van der Waals surface area contributed by atoms with Crippen molar-refractivity contribution >= 4 is 7.32 Å². The zero-order valence-corrected chi connectivity index (χ0v) is 17.5. The van der Waals surface area contributed by atoms with Crippen molar-refractivity contribution in [3.63, 3.8) is 0 Å². The Kier molecular flexibility index (Phi) is 6.44. The fourth-order valence-electron chi connectivity index (χ4n) is 4.69. The molecule has 2 atom stereocenters. The van der Waals surface area contributed by atoms with Gasteiger partial charge in [-0.1, -0.05) is 91.0 Å². The van der Waals surface area contributed by atoms with Gasteiger partial charge in [-0.3, -0.25) is 0 Å². The third-order valence-electron chi connectivity index (χ3n) is 5.97. The fourth-order valence-corrected chi connectivity index (χ4v) is 4.69. The maximum atomic E-state index is 16.0. The summed E-state index contributed by atoms with van der Waals surface area (Å²) in [5, 5.41) is 19.5. The van der Waals surface area contributed by atoms with E-state index in [2.05, 4.69) is 0 Å². The van der Waals surface area contributed by atoms with Gasteiger partial charge < -0.3 is 14.7 Å². The van der Waals surface area contributed by atoms with Crippen molar-refractivity contribution in [3.8, 4) is 0 Å². The molecule has 34 heavy (non-hydrogen) atoms. The van der Waals surface area contributed by atoms with Crippen molar-refractivity contribution in [3.05, 3.63) is 131 Å². The lowest BCUT2D eigenvalue weighted by atomic mass is 9.56. The molecule has 0 fully saturated rings. The monoisotopic (exact) mass is 472 g/mol. The molecule has 1 aliphatic carbocycles. The molecule has 0 saturated heterocycles. The van der Waals surface area contributed by atoms with Crippen molar-refractivity contribution in [1.29, 1.82) is 0 Å². The van der Waals surface area contributed by atoms with Crippen LogP contribution in [0, 0.1) is 0 Å². The molecule has 1 aliphatic rings. The summed E-state index contributed by atoms with van der Waals surface area (Å²) in [4.78, 5) is 0. The SMILES string of the molecule is OB(O)OC1(C(c2ccccc2)(c2ccccc2)c2ccccc2)C(F)=C(F)C(F)=C(F)C1F. The zero-order valence-electron chi connectivity index (χ0n) is 17.5. The molecule has 0 spiro atoms. The van der Waals surface area contributed by atoms with E-state index < -0.39 is 47.8 Å². The van der Waals surface area contributed by atoms with Crippen LogP contribution in [0.15, 0.2) is 114 Å². The van der Waals surface area contributed by atoms with Crippen LogP contribution in [0.5, 0.6) is 0 Å². The zero-order chi connectivity index (χ0) is 24.5. The topological polar surface area (TPSA) is 49.7 Å². The third-order valence-corrected chi connectivity index (χ3v) is 5.97. The molecule has 9 heteroatoms. The highest BCUT2D eigenvalue weighted by Gasteiger charge is 2.68. The molecule has 0 saturated carbocycles. The predicted molar refractivity (Wildman–Crippen MR) is 117 cm³/mol. The second-order valence-electron chi connectivity index (χ2n) is 7.68. The molecule has 3 nitrogen and oxygen atoms in total. The van der Waals surface area contributed by atoms with Crippen LogP contribution < -0.4 is 0 Å². The van der Waals surface area contributed by atoms with Crippen LogP contribution >= 0.6 is 0 Å². The number of alkyl halides is 1. The van der Waals surface area contributed by atoms with Gasteiger partial charge in [-0.05, 0) is 16.7 Å². The summed E-state index contributed by atoms with van der Waals surface area (Å²) < 4.78 is 80.9. The summed E-state index contributed by atoms with van der Waals surface area (Å²) in [6, 6.07) is 22.7. The molecule has 4 rings (SSSR count). The minimum absolute atomic E-state index is 0.0914. The Morgan fingerprint density at radius 2 is 1.06 bits per heavy atom. The first-order valence-electron chi connectivity index (χ1n) is 10.2. The van der Waals surface area contributed by atoms with Crippen molar-refractivity contribution in [2.24, 2.45) is 0 Å². The predicted octanol–water partition coefficient (Wildman–Crippen LogP) is 5.40. The second kappa shape index (κ2) is 9.17. The Balaban J connectivity index is 2.28. The third kappa shape index (κ3) is 3.39. The lowest BCUT2D eigenvalue weighted by Gasteiger charge is -2.52. The number of allylic oxidation sites excluding steroid dienone is 2. The van der Waals surface area contributed by atoms with Crippen LogP contribution in [-0.2, 0) is 10.1 Å². The van der Waals surface area contributed by atoms with E-state index in [1.165, 1.54) is 72.8 Å². The van der Waals surface area contributed by atoms with Gasteiger partial charge in [0, 0.05) is 0 Å². The average molecular weight is 472 g/mol. The van der Waals surface area contributed by atoms with E-state index >= 15 is 8.78 Å². The van der Waals surface area contributed by atoms with Crippen LogP contribution in [0.1, 0.15) is 16.7 Å². The Morgan fingerprint density at radius 1 is 0.676 bits per heavy atom. The minimum Gasteiger partial charge on any atom is -0.402 e. The summed E-state index contributed by atoms with van der Waals surface area (Å²) in [5.74, 6) is -9.13. The van der Waals surface area contributed by atoms with Gasteiger partial charge in [-0.25, -0.2) is 22.0 Å². The normalized spacial score (nSPS) is 21.1. The van der Waals surface area contributed by atoms with E-state index in [4.69, 9.17) is 4.65 Å². The van der Waals surface area contributed by atoms with Crippen LogP contribution in [0.4, 0.5) is 22.0 Å². The van der Waals surface area contributed by atoms with Gasteiger partial charge in [0.25, 0.3) is 0 Å². The minimum atomic E-state index is -3.44. The van der Waals surface area contributed by atoms with Gasteiger partial charge in [-0.2, -0.15) is 0 Å². The number of halogens is 5. The van der Waals surface area contributed by atoms with Crippen LogP contribution in [0.2, 0.25) is 0 Å². The highest BCUT2D eigenvalue weighted by molar-refractivity contribution is 6.33. The van der Waals surface area contributed by atoms with Crippen LogP contribution in [0.3, 0.4) is 0 Å². The molecule has 0 radical (unpaired) electrons. The van der Waals surface area contributed by atoms with Crippen molar-refractivity contribution in [1.82, 2.24) is 0 Å². The molecular formula is C25H18BF5O3. The van der Waals surface area contributed by atoms with Crippen molar-refractivity contribution < 1.29 is 36.7 Å². The summed E-state index contributed by atoms with van der Waals surface area (Å²) in [7, 11) is -2.89. The average Bonchev–Trinajstić information content (AvgIpc) is 2.87. The number of hydrogen-bond donors (Lipinski definition) is 2. The lowest BCUT2D eigenvalue weighted by molar-refractivity contribution is -0.0652. The first-order chi connectivity index (χ1) is 16.3. The van der Waals surface area contributed by atoms with Gasteiger partial charge >= 0.3 is 7.32 Å². The van der Waals surface area contributed by atoms with Crippen LogP contribution in [-0.4, -0.2) is 29.1 Å². The standard InChI is InChI=1S/C25H18BF5O3/c27-19-20(28)22(30)25(34-26(32)33,23(31)21(19)29)24(16-10-4-1-5-11-16,17-12-6-2-7-13-17)18-14-8-3-9-15-18/h1-15,22,32-33H. The summed E-state index contributed by atoms with van der Waals surface area (Å²) in [6.07, 6.45) is -3.31. The molecular weight excluding hydrogens is 454 g/mol. The molecule has 2 N–H and O–H groups in total. The Morgan fingerprint density at radius 3 is 1.41 bits per heavy atom. The van der Waals surface area contributed by atoms with Crippen molar-refractivity contribution in [2.75, 3.05) is 0 Å². The molecule has 2 unspecified atom stereocenters. The molecule has 0 bridgehead atoms. The van der Waals surface area contributed by atoms with Gasteiger partial charge in [0.1, 0.15) is 0 Å². The van der Waals surface area contributed by atoms with E-state index in [-0.39, 0.29) is 16.7 Å². The second-order valence-corrected chi connectivity index (χ2v) is 7.68. The molecule has 0 aliphatic heterocycles. The number of hydrogen-bond acceptors (Lipinski definition) is 3. The van der Waals surface area contributed by atoms with Gasteiger partial charge in [0.15, 0.2) is 35.1 Å². The summed E-state index contributed by atoms with van der Waals surface area (Å²) >= 11 is 0.